The molecule has 2 fully saturated rings. The van der Waals surface area contributed by atoms with Crippen molar-refractivity contribution < 1.29 is 28.5 Å². The van der Waals surface area contributed by atoms with E-state index < -0.39 is 5.41 Å². The van der Waals surface area contributed by atoms with Crippen molar-refractivity contribution in [3.8, 4) is 11.5 Å². The van der Waals surface area contributed by atoms with E-state index in [4.69, 9.17) is 18.9 Å². The first kappa shape index (κ1) is 20.2. The number of hydrogen-bond acceptors (Lipinski definition) is 7. The van der Waals surface area contributed by atoms with Crippen molar-refractivity contribution >= 4 is 17.6 Å². The number of carbonyl (C=O) groups excluding carboxylic acids is 2. The van der Waals surface area contributed by atoms with E-state index >= 15 is 0 Å². The second kappa shape index (κ2) is 7.15. The van der Waals surface area contributed by atoms with Crippen LogP contribution in [0.15, 0.2) is 24.0 Å². The van der Waals surface area contributed by atoms with Crippen LogP contribution >= 0.6 is 0 Å². The Morgan fingerprint density at radius 1 is 1.23 bits per heavy atom. The Bertz CT molecular complexity index is 975. The minimum absolute atomic E-state index is 0.00459. The van der Waals surface area contributed by atoms with Gasteiger partial charge in [-0.15, -0.1) is 0 Å². The topological polar surface area (TPSA) is 86.3 Å². The van der Waals surface area contributed by atoms with E-state index in [2.05, 4.69) is 10.2 Å². The lowest BCUT2D eigenvalue weighted by atomic mass is 9.66. The van der Waals surface area contributed by atoms with Gasteiger partial charge in [0.15, 0.2) is 11.5 Å². The predicted molar refractivity (Wildman–Crippen MR) is 112 cm³/mol. The minimum atomic E-state index is -0.678. The molecule has 0 aliphatic carbocycles. The number of nitrogens with one attached hydrogen (secondary N) is 1. The van der Waals surface area contributed by atoms with Crippen molar-refractivity contribution in [1.82, 2.24) is 4.90 Å². The molecule has 1 aromatic carbocycles. The third kappa shape index (κ3) is 2.70. The standard InChI is InChI=1S/C23H28N2O6/c1-12-14-10-25-6-5-23(20(25)7-13(14)15(11-31-12)21(26)30-4)16-8-18(28-2)19(29-3)9-17(16)24-22(23)27/h8-9,11-14,20H,5-7,10H2,1-4H3,(H,24,27). The van der Waals surface area contributed by atoms with Crippen molar-refractivity contribution in [2.24, 2.45) is 11.8 Å². The summed E-state index contributed by atoms with van der Waals surface area (Å²) in [6, 6.07) is 3.75. The monoisotopic (exact) mass is 428 g/mol. The number of ether oxygens (including phenoxy) is 4. The second-order valence-corrected chi connectivity index (χ2v) is 8.85. The van der Waals surface area contributed by atoms with Gasteiger partial charge in [-0.1, -0.05) is 0 Å². The molecule has 1 N–H and O–H groups in total. The number of piperidine rings is 1. The molecule has 0 bridgehead atoms. The highest BCUT2D eigenvalue weighted by molar-refractivity contribution is 6.07. The maximum atomic E-state index is 13.5. The summed E-state index contributed by atoms with van der Waals surface area (Å²) in [7, 11) is 4.58. The molecule has 0 saturated carbocycles. The minimum Gasteiger partial charge on any atom is -0.497 e. The average molecular weight is 428 g/mol. The van der Waals surface area contributed by atoms with Gasteiger partial charge in [-0.2, -0.15) is 0 Å². The van der Waals surface area contributed by atoms with E-state index in [1.165, 1.54) is 7.11 Å². The lowest BCUT2D eigenvalue weighted by Crippen LogP contribution is -2.56. The highest BCUT2D eigenvalue weighted by Crippen LogP contribution is 2.55. The third-order valence-corrected chi connectivity index (χ3v) is 7.73. The zero-order valence-corrected chi connectivity index (χ0v) is 18.3. The van der Waals surface area contributed by atoms with Gasteiger partial charge in [0.1, 0.15) is 0 Å². The van der Waals surface area contributed by atoms with E-state index in [0.29, 0.717) is 23.5 Å². The van der Waals surface area contributed by atoms with Gasteiger partial charge in [-0.05, 0) is 37.9 Å². The maximum absolute atomic E-state index is 13.5. The van der Waals surface area contributed by atoms with E-state index in [1.807, 2.05) is 19.1 Å². The zero-order chi connectivity index (χ0) is 21.9. The Hall–Kier alpha value is -2.74. The van der Waals surface area contributed by atoms with Crippen LogP contribution in [-0.2, 0) is 24.5 Å². The molecular weight excluding hydrogens is 400 g/mol. The lowest BCUT2D eigenvalue weighted by Gasteiger charge is -2.48. The second-order valence-electron chi connectivity index (χ2n) is 8.85. The normalized spacial score (nSPS) is 33.5. The molecule has 31 heavy (non-hydrogen) atoms. The summed E-state index contributed by atoms with van der Waals surface area (Å²) in [5.74, 6) is 1.02. The third-order valence-electron chi connectivity index (χ3n) is 7.73. The molecule has 4 aliphatic rings. The first-order valence-electron chi connectivity index (χ1n) is 10.7. The summed E-state index contributed by atoms with van der Waals surface area (Å²) in [6.45, 7) is 3.64. The van der Waals surface area contributed by atoms with Crippen molar-refractivity contribution in [3.63, 3.8) is 0 Å². The van der Waals surface area contributed by atoms with Crippen LogP contribution in [0.5, 0.6) is 11.5 Å². The van der Waals surface area contributed by atoms with Gasteiger partial charge < -0.3 is 24.3 Å². The molecule has 5 atom stereocenters. The van der Waals surface area contributed by atoms with E-state index in [0.717, 1.165) is 30.8 Å². The summed E-state index contributed by atoms with van der Waals surface area (Å²) in [5.41, 5.74) is 1.61. The Balaban J connectivity index is 1.57. The Morgan fingerprint density at radius 3 is 2.68 bits per heavy atom. The van der Waals surface area contributed by atoms with E-state index in [9.17, 15) is 9.59 Å². The molecule has 0 aromatic heterocycles. The summed E-state index contributed by atoms with van der Waals surface area (Å²) in [5, 5.41) is 3.08. The largest absolute Gasteiger partial charge is 0.497 e. The fourth-order valence-electron chi connectivity index (χ4n) is 6.14. The molecule has 5 rings (SSSR count). The van der Waals surface area contributed by atoms with Crippen LogP contribution in [0.1, 0.15) is 25.3 Å². The molecule has 2 saturated heterocycles. The smallest absolute Gasteiger partial charge is 0.337 e. The number of methoxy groups -OCH3 is 3. The van der Waals surface area contributed by atoms with Crippen molar-refractivity contribution in [1.29, 1.82) is 0 Å². The lowest BCUT2D eigenvalue weighted by molar-refractivity contribution is -0.139. The van der Waals surface area contributed by atoms with E-state index in [-0.39, 0.29) is 35.9 Å². The highest BCUT2D eigenvalue weighted by Gasteiger charge is 2.61. The van der Waals surface area contributed by atoms with Gasteiger partial charge in [-0.3, -0.25) is 9.69 Å². The fraction of sp³-hybridized carbons (Fsp3) is 0.565. The Kier molecular flexibility index (Phi) is 4.66. The number of anilines is 1. The molecule has 5 unspecified atom stereocenters. The van der Waals surface area contributed by atoms with Crippen LogP contribution < -0.4 is 14.8 Å². The Morgan fingerprint density at radius 2 is 1.97 bits per heavy atom. The fourth-order valence-corrected chi connectivity index (χ4v) is 6.14. The summed E-state index contributed by atoms with van der Waals surface area (Å²) in [6.07, 6.45) is 2.98. The highest BCUT2D eigenvalue weighted by atomic mass is 16.5. The average Bonchev–Trinajstić information content (AvgIpc) is 3.29. The summed E-state index contributed by atoms with van der Waals surface area (Å²) < 4.78 is 21.8. The molecule has 4 heterocycles. The molecule has 1 spiro atoms. The molecule has 8 nitrogen and oxygen atoms in total. The predicted octanol–water partition coefficient (Wildman–Crippen LogP) is 2.08. The van der Waals surface area contributed by atoms with Gasteiger partial charge in [0.05, 0.1) is 44.7 Å². The number of benzene rings is 1. The molecule has 0 radical (unpaired) electrons. The van der Waals surface area contributed by atoms with Crippen molar-refractivity contribution in [2.45, 2.75) is 37.3 Å². The van der Waals surface area contributed by atoms with Crippen LogP contribution in [-0.4, -0.2) is 63.3 Å². The first-order valence-corrected chi connectivity index (χ1v) is 10.7. The number of nitrogens with zero attached hydrogens (tertiary/aromatic N) is 1. The summed E-state index contributed by atoms with van der Waals surface area (Å²) in [4.78, 5) is 28.3. The van der Waals surface area contributed by atoms with Crippen LogP contribution in [0, 0.1) is 11.8 Å². The number of hydrogen-bond donors (Lipinski definition) is 1. The number of amides is 1. The van der Waals surface area contributed by atoms with Crippen LogP contribution in [0.25, 0.3) is 0 Å². The van der Waals surface area contributed by atoms with Crippen LogP contribution in [0.2, 0.25) is 0 Å². The van der Waals surface area contributed by atoms with Crippen LogP contribution in [0.4, 0.5) is 5.69 Å². The molecule has 4 aliphatic heterocycles. The first-order chi connectivity index (χ1) is 14.9. The summed E-state index contributed by atoms with van der Waals surface area (Å²) >= 11 is 0. The SMILES string of the molecule is COC(=O)C1=COC(C)C2CN3CCC4(C(=O)Nc5cc(OC)c(OC)cc54)C3CC12. The maximum Gasteiger partial charge on any atom is 0.337 e. The number of carbonyl (C=O) groups is 2. The number of fused-ring (bicyclic) bond motifs is 5. The van der Waals surface area contributed by atoms with Gasteiger partial charge in [-0.25, -0.2) is 4.79 Å². The van der Waals surface area contributed by atoms with Crippen molar-refractivity contribution in [3.05, 3.63) is 29.5 Å². The molecule has 1 aromatic rings. The van der Waals surface area contributed by atoms with Crippen molar-refractivity contribution in [2.75, 3.05) is 39.7 Å². The molecule has 1 amide bonds. The van der Waals surface area contributed by atoms with Gasteiger partial charge in [0.25, 0.3) is 0 Å². The molecular formula is C23H28N2O6. The van der Waals surface area contributed by atoms with Gasteiger partial charge in [0.2, 0.25) is 5.91 Å². The van der Waals surface area contributed by atoms with Gasteiger partial charge >= 0.3 is 5.97 Å². The Labute approximate surface area is 181 Å². The number of esters is 1. The zero-order valence-electron chi connectivity index (χ0n) is 18.3. The van der Waals surface area contributed by atoms with Crippen LogP contribution in [0.3, 0.4) is 0 Å². The molecule has 166 valence electrons. The molecule has 8 heteroatoms. The number of rotatable bonds is 3. The quantitative estimate of drug-likeness (QED) is 0.738. The van der Waals surface area contributed by atoms with Gasteiger partial charge in [0, 0.05) is 36.2 Å². The van der Waals surface area contributed by atoms with E-state index in [1.54, 1.807) is 20.5 Å².